The van der Waals surface area contributed by atoms with Gasteiger partial charge in [0.25, 0.3) is 0 Å². The van der Waals surface area contributed by atoms with E-state index in [4.69, 9.17) is 11.6 Å². The van der Waals surface area contributed by atoms with E-state index >= 15 is 0 Å². The van der Waals surface area contributed by atoms with E-state index < -0.39 is 24.1 Å². The molecule has 0 aliphatic carbocycles. The molecular formula is C13H17ClFNO3. The van der Waals surface area contributed by atoms with E-state index in [2.05, 4.69) is 0 Å². The molecule has 6 heteroatoms. The molecule has 2 rings (SSSR count). The van der Waals surface area contributed by atoms with Crippen molar-refractivity contribution in [2.75, 3.05) is 19.6 Å². The second kappa shape index (κ2) is 6.15. The van der Waals surface area contributed by atoms with Crippen LogP contribution in [0.25, 0.3) is 0 Å². The minimum absolute atomic E-state index is 0.0895. The fourth-order valence-corrected chi connectivity index (χ4v) is 2.47. The Morgan fingerprint density at radius 3 is 2.47 bits per heavy atom. The number of likely N-dealkylation sites (tertiary alicyclic amines) is 1. The molecule has 0 unspecified atom stereocenters. The summed E-state index contributed by atoms with van der Waals surface area (Å²) in [6, 6.07) is 4.84. The van der Waals surface area contributed by atoms with Crippen molar-refractivity contribution in [3.05, 3.63) is 34.6 Å². The molecule has 0 saturated carbocycles. The van der Waals surface area contributed by atoms with Crippen molar-refractivity contribution in [3.8, 4) is 0 Å². The molecule has 1 aromatic carbocycles. The number of rotatable bonds is 3. The first kappa shape index (κ1) is 14.7. The maximum absolute atomic E-state index is 13.7. The summed E-state index contributed by atoms with van der Waals surface area (Å²) in [5.74, 6) is -0.428. The van der Waals surface area contributed by atoms with Crippen molar-refractivity contribution in [2.24, 2.45) is 0 Å². The van der Waals surface area contributed by atoms with Gasteiger partial charge in [-0.05, 0) is 18.1 Å². The van der Waals surface area contributed by atoms with E-state index in [-0.39, 0.29) is 18.1 Å². The maximum Gasteiger partial charge on any atom is 0.145 e. The second-order valence-electron chi connectivity index (χ2n) is 4.85. The van der Waals surface area contributed by atoms with Gasteiger partial charge < -0.3 is 15.3 Å². The highest BCUT2D eigenvalue weighted by Crippen LogP contribution is 2.19. The van der Waals surface area contributed by atoms with Gasteiger partial charge in [0.05, 0.1) is 17.2 Å². The SMILES string of the molecule is O[C@H]1[C@H](O)CN(CCc2cccc(Cl)c2F)C[C@@H]1O. The zero-order chi connectivity index (χ0) is 14.0. The molecule has 1 aliphatic heterocycles. The van der Waals surface area contributed by atoms with Gasteiger partial charge in [-0.15, -0.1) is 0 Å². The van der Waals surface area contributed by atoms with Crippen LogP contribution < -0.4 is 0 Å². The third kappa shape index (κ3) is 3.43. The normalized spacial score (nSPS) is 28.6. The highest BCUT2D eigenvalue weighted by atomic mass is 35.5. The summed E-state index contributed by atoms with van der Waals surface area (Å²) < 4.78 is 13.7. The lowest BCUT2D eigenvalue weighted by Crippen LogP contribution is -2.55. The van der Waals surface area contributed by atoms with Crippen LogP contribution in [0.5, 0.6) is 0 Å². The van der Waals surface area contributed by atoms with Crippen molar-refractivity contribution in [3.63, 3.8) is 0 Å². The van der Waals surface area contributed by atoms with Crippen LogP contribution in [-0.2, 0) is 6.42 Å². The van der Waals surface area contributed by atoms with Gasteiger partial charge in [0, 0.05) is 19.6 Å². The van der Waals surface area contributed by atoms with Crippen LogP contribution >= 0.6 is 11.6 Å². The minimum Gasteiger partial charge on any atom is -0.389 e. The van der Waals surface area contributed by atoms with Crippen LogP contribution in [0.2, 0.25) is 5.02 Å². The first-order valence-corrected chi connectivity index (χ1v) is 6.56. The third-order valence-corrected chi connectivity index (χ3v) is 3.70. The summed E-state index contributed by atoms with van der Waals surface area (Å²) in [7, 11) is 0. The fraction of sp³-hybridized carbons (Fsp3) is 0.538. The Labute approximate surface area is 116 Å². The molecule has 3 N–H and O–H groups in total. The number of nitrogens with zero attached hydrogens (tertiary/aromatic N) is 1. The van der Waals surface area contributed by atoms with Crippen molar-refractivity contribution < 1.29 is 19.7 Å². The molecule has 1 aromatic rings. The van der Waals surface area contributed by atoms with Crippen LogP contribution in [0, 0.1) is 5.82 Å². The highest BCUT2D eigenvalue weighted by molar-refractivity contribution is 6.30. The second-order valence-corrected chi connectivity index (χ2v) is 5.26. The molecule has 19 heavy (non-hydrogen) atoms. The molecular weight excluding hydrogens is 273 g/mol. The third-order valence-electron chi connectivity index (χ3n) is 3.41. The number of hydrogen-bond donors (Lipinski definition) is 3. The Hall–Kier alpha value is -0.720. The number of benzene rings is 1. The van der Waals surface area contributed by atoms with E-state index in [1.807, 2.05) is 0 Å². The summed E-state index contributed by atoms with van der Waals surface area (Å²) >= 11 is 5.70. The van der Waals surface area contributed by atoms with E-state index in [0.29, 0.717) is 18.5 Å². The summed E-state index contributed by atoms with van der Waals surface area (Å²) in [5, 5.41) is 28.7. The lowest BCUT2D eigenvalue weighted by atomic mass is 10.0. The van der Waals surface area contributed by atoms with Gasteiger partial charge >= 0.3 is 0 Å². The topological polar surface area (TPSA) is 63.9 Å². The van der Waals surface area contributed by atoms with E-state index in [9.17, 15) is 19.7 Å². The van der Waals surface area contributed by atoms with Crippen molar-refractivity contribution in [1.82, 2.24) is 4.90 Å². The van der Waals surface area contributed by atoms with E-state index in [0.717, 1.165) is 0 Å². The zero-order valence-corrected chi connectivity index (χ0v) is 11.1. The lowest BCUT2D eigenvalue weighted by molar-refractivity contribution is -0.109. The monoisotopic (exact) mass is 289 g/mol. The van der Waals surface area contributed by atoms with Crippen LogP contribution in [0.4, 0.5) is 4.39 Å². The Morgan fingerprint density at radius 1 is 1.21 bits per heavy atom. The number of β-amino-alcohol motifs (C(OH)–C–C–N with tert-alkyl or cyclic N) is 2. The molecule has 3 atom stereocenters. The van der Waals surface area contributed by atoms with E-state index in [1.54, 1.807) is 17.0 Å². The van der Waals surface area contributed by atoms with Gasteiger partial charge in [-0.25, -0.2) is 4.39 Å². The summed E-state index contributed by atoms with van der Waals surface area (Å²) in [4.78, 5) is 1.79. The predicted octanol–water partition coefficient (Wildman–Crippen LogP) is 0.420. The van der Waals surface area contributed by atoms with Gasteiger partial charge in [0.15, 0.2) is 0 Å². The van der Waals surface area contributed by atoms with Crippen molar-refractivity contribution in [2.45, 2.75) is 24.7 Å². The molecule has 1 heterocycles. The van der Waals surface area contributed by atoms with Crippen molar-refractivity contribution in [1.29, 1.82) is 0 Å². The highest BCUT2D eigenvalue weighted by Gasteiger charge is 2.33. The molecule has 0 spiro atoms. The van der Waals surface area contributed by atoms with Gasteiger partial charge in [-0.2, -0.15) is 0 Å². The fourth-order valence-electron chi connectivity index (χ4n) is 2.28. The zero-order valence-electron chi connectivity index (χ0n) is 10.3. The molecule has 1 saturated heterocycles. The average molecular weight is 290 g/mol. The molecule has 1 fully saturated rings. The van der Waals surface area contributed by atoms with Crippen molar-refractivity contribution >= 4 is 11.6 Å². The van der Waals surface area contributed by atoms with Crippen LogP contribution in [0.15, 0.2) is 18.2 Å². The molecule has 106 valence electrons. The van der Waals surface area contributed by atoms with Crippen LogP contribution in [0.3, 0.4) is 0 Å². The average Bonchev–Trinajstić information content (AvgIpc) is 2.37. The Morgan fingerprint density at radius 2 is 1.84 bits per heavy atom. The van der Waals surface area contributed by atoms with E-state index in [1.165, 1.54) is 6.07 Å². The smallest absolute Gasteiger partial charge is 0.145 e. The first-order valence-electron chi connectivity index (χ1n) is 6.18. The molecule has 0 amide bonds. The molecule has 0 bridgehead atoms. The Bertz CT molecular complexity index is 434. The number of halogens is 2. The Kier molecular flexibility index (Phi) is 4.76. The number of hydrogen-bond acceptors (Lipinski definition) is 4. The number of piperidine rings is 1. The number of aliphatic hydroxyl groups excluding tert-OH is 3. The molecule has 0 radical (unpaired) electrons. The predicted molar refractivity (Wildman–Crippen MR) is 69.6 cm³/mol. The first-order chi connectivity index (χ1) is 8.99. The summed E-state index contributed by atoms with van der Waals surface area (Å²) in [6.07, 6.45) is -2.64. The lowest BCUT2D eigenvalue weighted by Gasteiger charge is -2.36. The molecule has 0 aromatic heterocycles. The van der Waals surface area contributed by atoms with Gasteiger partial charge in [-0.1, -0.05) is 23.7 Å². The van der Waals surface area contributed by atoms with Crippen LogP contribution in [0.1, 0.15) is 5.56 Å². The number of aliphatic hydroxyl groups is 3. The molecule has 1 aliphatic rings. The molecule has 4 nitrogen and oxygen atoms in total. The quantitative estimate of drug-likeness (QED) is 0.755. The standard InChI is InChI=1S/C13H17ClFNO3/c14-9-3-1-2-8(12(9)15)4-5-16-6-10(17)13(19)11(18)7-16/h1-3,10-11,13,17-19H,4-7H2/t10-,11+,13+. The maximum atomic E-state index is 13.7. The van der Waals surface area contributed by atoms with Crippen LogP contribution in [-0.4, -0.2) is 58.2 Å². The largest absolute Gasteiger partial charge is 0.389 e. The van der Waals surface area contributed by atoms with Gasteiger partial charge in [0.2, 0.25) is 0 Å². The summed E-state index contributed by atoms with van der Waals surface area (Å²) in [6.45, 7) is 1.01. The van der Waals surface area contributed by atoms with Gasteiger partial charge in [0.1, 0.15) is 11.9 Å². The minimum atomic E-state index is -1.11. The summed E-state index contributed by atoms with van der Waals surface area (Å²) in [5.41, 5.74) is 0.502. The Balaban J connectivity index is 1.94. The van der Waals surface area contributed by atoms with Gasteiger partial charge in [-0.3, -0.25) is 4.90 Å².